The Hall–Kier alpha value is -2.38. The van der Waals surface area contributed by atoms with Crippen molar-refractivity contribution < 1.29 is 9.59 Å². The number of ketones is 1. The van der Waals surface area contributed by atoms with Gasteiger partial charge in [0, 0.05) is 28.2 Å². The third kappa shape index (κ3) is 4.31. The number of halogens is 1. The lowest BCUT2D eigenvalue weighted by Crippen LogP contribution is -2.19. The summed E-state index contributed by atoms with van der Waals surface area (Å²) in [4.78, 5) is 22.2. The van der Waals surface area contributed by atoms with Crippen LogP contribution in [0.5, 0.6) is 0 Å². The average Bonchev–Trinajstić information content (AvgIpc) is 2.47. The van der Waals surface area contributed by atoms with Crippen LogP contribution in [-0.4, -0.2) is 11.7 Å². The molecule has 0 aliphatic rings. The van der Waals surface area contributed by atoms with Crippen LogP contribution in [-0.2, 0) is 9.59 Å². The van der Waals surface area contributed by atoms with E-state index in [1.807, 2.05) is 25.1 Å². The first-order valence-corrected chi connectivity index (χ1v) is 7.45. The third-order valence-corrected chi connectivity index (χ3v) is 3.58. The Balaban J connectivity index is 2.13. The molecule has 0 aliphatic carbocycles. The van der Waals surface area contributed by atoms with E-state index in [0.29, 0.717) is 5.69 Å². The number of amides is 1. The smallest absolute Gasteiger partial charge is 0.291 e. The molecule has 22 heavy (non-hydrogen) atoms. The third-order valence-electron chi connectivity index (χ3n) is 2.93. The Morgan fingerprint density at radius 2 is 1.73 bits per heavy atom. The second-order valence-corrected chi connectivity index (χ2v) is 5.68. The number of hydrogen-bond acceptors (Lipinski definition) is 2. The molecule has 4 heteroatoms. The molecule has 2 aromatic carbocycles. The van der Waals surface area contributed by atoms with E-state index in [1.165, 1.54) is 12.5 Å². The molecule has 0 unspecified atom stereocenters. The Morgan fingerprint density at radius 1 is 1.05 bits per heavy atom. The Labute approximate surface area is 137 Å². The van der Waals surface area contributed by atoms with Gasteiger partial charge in [-0.2, -0.15) is 0 Å². The predicted molar refractivity (Wildman–Crippen MR) is 90.6 cm³/mol. The van der Waals surface area contributed by atoms with Crippen molar-refractivity contribution in [3.8, 4) is 11.8 Å². The van der Waals surface area contributed by atoms with E-state index in [2.05, 4.69) is 33.1 Å². The maximum absolute atomic E-state index is 11.3. The van der Waals surface area contributed by atoms with Gasteiger partial charge in [-0.15, -0.1) is 0 Å². The average molecular weight is 356 g/mol. The molecule has 0 aromatic heterocycles. The Kier molecular flexibility index (Phi) is 5.13. The molecule has 1 N–H and O–H groups in total. The minimum absolute atomic E-state index is 0.520. The molecule has 0 bridgehead atoms. The number of carbonyl (C=O) groups is 2. The Bertz CT molecular complexity index is 783. The fourth-order valence-electron chi connectivity index (χ4n) is 1.72. The number of nitrogens with one attached hydrogen (secondary N) is 1. The first-order chi connectivity index (χ1) is 10.5. The van der Waals surface area contributed by atoms with Gasteiger partial charge in [0.1, 0.15) is 0 Å². The van der Waals surface area contributed by atoms with Gasteiger partial charge in [-0.25, -0.2) is 0 Å². The number of anilines is 1. The fraction of sp³-hybridized carbons (Fsp3) is 0.111. The van der Waals surface area contributed by atoms with Gasteiger partial charge in [0.2, 0.25) is 5.78 Å². The summed E-state index contributed by atoms with van der Waals surface area (Å²) in [5, 5.41) is 2.51. The van der Waals surface area contributed by atoms with Crippen LogP contribution in [0.15, 0.2) is 46.9 Å². The van der Waals surface area contributed by atoms with Crippen LogP contribution in [0.1, 0.15) is 23.6 Å². The lowest BCUT2D eigenvalue weighted by molar-refractivity contribution is -0.133. The second-order valence-electron chi connectivity index (χ2n) is 4.82. The van der Waals surface area contributed by atoms with Crippen LogP contribution in [0.25, 0.3) is 0 Å². The van der Waals surface area contributed by atoms with E-state index in [4.69, 9.17) is 0 Å². The largest absolute Gasteiger partial charge is 0.319 e. The molecule has 0 spiro atoms. The van der Waals surface area contributed by atoms with Gasteiger partial charge in [-0.1, -0.05) is 17.9 Å². The quantitative estimate of drug-likeness (QED) is 0.659. The van der Waals surface area contributed by atoms with E-state index in [9.17, 15) is 9.59 Å². The molecule has 0 radical (unpaired) electrons. The van der Waals surface area contributed by atoms with Crippen LogP contribution in [0.4, 0.5) is 5.69 Å². The molecular formula is C18H14BrNO2. The summed E-state index contributed by atoms with van der Waals surface area (Å²) in [6, 6.07) is 13.0. The lowest BCUT2D eigenvalue weighted by Gasteiger charge is -2.02. The topological polar surface area (TPSA) is 46.2 Å². The van der Waals surface area contributed by atoms with E-state index >= 15 is 0 Å². The standard InChI is InChI=1S/C18H14BrNO2/c1-12-3-7-15(17(19)11-12)8-4-14-5-9-16(10-6-14)20-18(22)13(2)21/h3,5-7,9-11H,1-2H3,(H,20,22). The minimum Gasteiger partial charge on any atom is -0.319 e. The molecule has 0 atom stereocenters. The van der Waals surface area contributed by atoms with Gasteiger partial charge in [-0.05, 0) is 64.8 Å². The van der Waals surface area contributed by atoms with Crippen molar-refractivity contribution in [1.29, 1.82) is 0 Å². The molecule has 110 valence electrons. The summed E-state index contributed by atoms with van der Waals surface area (Å²) in [5.74, 6) is 5.02. The number of benzene rings is 2. The van der Waals surface area contributed by atoms with Gasteiger partial charge in [0.15, 0.2) is 0 Å². The molecule has 0 saturated carbocycles. The predicted octanol–water partition coefficient (Wildman–Crippen LogP) is 3.68. The highest BCUT2D eigenvalue weighted by molar-refractivity contribution is 9.10. The van der Waals surface area contributed by atoms with Crippen LogP contribution in [0.3, 0.4) is 0 Å². The van der Waals surface area contributed by atoms with Crippen LogP contribution in [0, 0.1) is 18.8 Å². The van der Waals surface area contributed by atoms with E-state index < -0.39 is 11.7 Å². The van der Waals surface area contributed by atoms with Crippen molar-refractivity contribution in [3.63, 3.8) is 0 Å². The van der Waals surface area contributed by atoms with E-state index in [-0.39, 0.29) is 0 Å². The van der Waals surface area contributed by atoms with Crippen molar-refractivity contribution in [2.75, 3.05) is 5.32 Å². The summed E-state index contributed by atoms with van der Waals surface area (Å²) in [5.41, 5.74) is 3.48. The summed E-state index contributed by atoms with van der Waals surface area (Å²) < 4.78 is 0.963. The van der Waals surface area contributed by atoms with Crippen molar-refractivity contribution in [2.24, 2.45) is 0 Å². The molecule has 0 saturated heterocycles. The van der Waals surface area contributed by atoms with Crippen LogP contribution >= 0.6 is 15.9 Å². The normalized spacial score (nSPS) is 9.59. The summed E-state index contributed by atoms with van der Waals surface area (Å²) in [6.45, 7) is 3.25. The van der Waals surface area contributed by atoms with Crippen LogP contribution in [0.2, 0.25) is 0 Å². The summed E-state index contributed by atoms with van der Waals surface area (Å²) >= 11 is 3.49. The number of carbonyl (C=O) groups excluding carboxylic acids is 2. The van der Waals surface area contributed by atoms with Crippen molar-refractivity contribution in [3.05, 3.63) is 63.6 Å². The maximum Gasteiger partial charge on any atom is 0.291 e. The highest BCUT2D eigenvalue weighted by Crippen LogP contribution is 2.17. The first kappa shape index (κ1) is 16.0. The van der Waals surface area contributed by atoms with Gasteiger partial charge in [0.25, 0.3) is 5.91 Å². The van der Waals surface area contributed by atoms with Crippen molar-refractivity contribution in [1.82, 2.24) is 0 Å². The zero-order valence-electron chi connectivity index (χ0n) is 12.2. The lowest BCUT2D eigenvalue weighted by atomic mass is 10.1. The molecule has 0 aliphatic heterocycles. The zero-order valence-corrected chi connectivity index (χ0v) is 13.8. The second kappa shape index (κ2) is 7.06. The Morgan fingerprint density at radius 3 is 2.32 bits per heavy atom. The number of hydrogen-bond donors (Lipinski definition) is 1. The van der Waals surface area contributed by atoms with Crippen molar-refractivity contribution in [2.45, 2.75) is 13.8 Å². The number of Topliss-reactive ketones (excluding diaryl/α,β-unsaturated/α-hetero) is 1. The molecule has 2 rings (SSSR count). The number of aryl methyl sites for hydroxylation is 1. The van der Waals surface area contributed by atoms with Gasteiger partial charge in [-0.3, -0.25) is 9.59 Å². The van der Waals surface area contributed by atoms with Gasteiger partial charge >= 0.3 is 0 Å². The highest BCUT2D eigenvalue weighted by Gasteiger charge is 2.06. The molecule has 2 aromatic rings. The zero-order chi connectivity index (χ0) is 16.1. The maximum atomic E-state index is 11.3. The van der Waals surface area contributed by atoms with Gasteiger partial charge in [0.05, 0.1) is 0 Å². The fourth-order valence-corrected chi connectivity index (χ4v) is 2.31. The minimum atomic E-state index is -0.623. The summed E-state index contributed by atoms with van der Waals surface area (Å²) in [6.07, 6.45) is 0. The van der Waals surface area contributed by atoms with E-state index in [1.54, 1.807) is 24.3 Å². The highest BCUT2D eigenvalue weighted by atomic mass is 79.9. The number of rotatable bonds is 2. The molecule has 1 amide bonds. The van der Waals surface area contributed by atoms with Gasteiger partial charge < -0.3 is 5.32 Å². The first-order valence-electron chi connectivity index (χ1n) is 6.66. The molecule has 3 nitrogen and oxygen atoms in total. The summed E-state index contributed by atoms with van der Waals surface area (Å²) in [7, 11) is 0. The molecular weight excluding hydrogens is 342 g/mol. The molecule has 0 heterocycles. The van der Waals surface area contributed by atoms with E-state index in [0.717, 1.165) is 15.6 Å². The molecule has 0 fully saturated rings. The SMILES string of the molecule is CC(=O)C(=O)Nc1ccc(C#Cc2ccc(C)cc2Br)cc1. The van der Waals surface area contributed by atoms with Crippen molar-refractivity contribution >= 4 is 33.3 Å². The monoisotopic (exact) mass is 355 g/mol. The van der Waals surface area contributed by atoms with Crippen LogP contribution < -0.4 is 5.32 Å².